The number of hydrogen-bond donors (Lipinski definition) is 0. The molecule has 0 spiro atoms. The van der Waals surface area contributed by atoms with E-state index in [1.54, 1.807) is 36.4 Å². The smallest absolute Gasteiger partial charge is 0.193 e. The molecule has 2 aromatic carbocycles. The van der Waals surface area contributed by atoms with Gasteiger partial charge in [-0.25, -0.2) is 0 Å². The van der Waals surface area contributed by atoms with Crippen LogP contribution in [-0.4, -0.2) is 5.78 Å². The summed E-state index contributed by atoms with van der Waals surface area (Å²) in [5, 5.41) is 1.34. The third kappa shape index (κ3) is 2.99. The largest absolute Gasteiger partial charge is 0.289 e. The molecule has 1 nitrogen and oxygen atoms in total. The molecule has 5 heteroatoms. The van der Waals surface area contributed by atoms with Crippen molar-refractivity contribution in [2.45, 2.75) is 0 Å². The van der Waals surface area contributed by atoms with Crippen LogP contribution in [0, 0.1) is 3.57 Å². The number of benzene rings is 2. The second-order valence-corrected chi connectivity index (χ2v) is 5.97. The van der Waals surface area contributed by atoms with Gasteiger partial charge in [-0.1, -0.05) is 34.8 Å². The van der Waals surface area contributed by atoms with Crippen LogP contribution in [0.2, 0.25) is 15.1 Å². The van der Waals surface area contributed by atoms with E-state index in [1.807, 2.05) is 0 Å². The summed E-state index contributed by atoms with van der Waals surface area (Å²) in [6.45, 7) is 0. The van der Waals surface area contributed by atoms with Gasteiger partial charge in [0.25, 0.3) is 0 Å². The van der Waals surface area contributed by atoms with Gasteiger partial charge < -0.3 is 0 Å². The summed E-state index contributed by atoms with van der Waals surface area (Å²) in [6, 6.07) is 9.98. The Hall–Kier alpha value is -0.290. The van der Waals surface area contributed by atoms with Crippen molar-refractivity contribution in [3.05, 3.63) is 66.2 Å². The number of carbonyl (C=O) groups is 1. The quantitative estimate of drug-likeness (QED) is 0.472. The van der Waals surface area contributed by atoms with E-state index in [2.05, 4.69) is 22.6 Å². The zero-order chi connectivity index (χ0) is 13.3. The Morgan fingerprint density at radius 3 is 1.94 bits per heavy atom. The first-order valence-electron chi connectivity index (χ1n) is 4.94. The molecular weight excluding hydrogens is 405 g/mol. The fourth-order valence-corrected chi connectivity index (χ4v) is 2.26. The molecule has 0 aliphatic heterocycles. The van der Waals surface area contributed by atoms with Crippen LogP contribution in [0.15, 0.2) is 36.4 Å². The minimum atomic E-state index is -0.133. The Morgan fingerprint density at radius 1 is 0.833 bits per heavy atom. The molecule has 18 heavy (non-hydrogen) atoms. The molecule has 0 N–H and O–H groups in total. The predicted octanol–water partition coefficient (Wildman–Crippen LogP) is 5.48. The molecule has 0 saturated carbocycles. The molecule has 0 bridgehead atoms. The lowest BCUT2D eigenvalue weighted by atomic mass is 10.0. The molecule has 0 aromatic heterocycles. The molecule has 0 aliphatic rings. The first-order valence-corrected chi connectivity index (χ1v) is 7.15. The van der Waals surface area contributed by atoms with E-state index in [1.165, 1.54) is 0 Å². The number of carbonyl (C=O) groups excluding carboxylic acids is 1. The van der Waals surface area contributed by atoms with Gasteiger partial charge in [0.05, 0.1) is 15.1 Å². The molecule has 92 valence electrons. The highest BCUT2D eigenvalue weighted by molar-refractivity contribution is 14.1. The molecule has 0 saturated heterocycles. The van der Waals surface area contributed by atoms with E-state index in [4.69, 9.17) is 34.8 Å². The third-order valence-electron chi connectivity index (χ3n) is 2.36. The van der Waals surface area contributed by atoms with Gasteiger partial charge in [-0.3, -0.25) is 4.79 Å². The van der Waals surface area contributed by atoms with Crippen molar-refractivity contribution < 1.29 is 4.79 Å². The fraction of sp³-hybridized carbons (Fsp3) is 0. The molecule has 0 aliphatic carbocycles. The summed E-state index contributed by atoms with van der Waals surface area (Å²) < 4.78 is 0.903. The van der Waals surface area contributed by atoms with Crippen molar-refractivity contribution in [1.82, 2.24) is 0 Å². The second-order valence-electron chi connectivity index (χ2n) is 3.59. The van der Waals surface area contributed by atoms with Gasteiger partial charge in [-0.05, 0) is 59.0 Å². The minimum Gasteiger partial charge on any atom is -0.289 e. The Labute approximate surface area is 133 Å². The monoisotopic (exact) mass is 410 g/mol. The predicted molar refractivity (Wildman–Crippen MR) is 84.1 cm³/mol. The van der Waals surface area contributed by atoms with Crippen LogP contribution in [0.4, 0.5) is 0 Å². The van der Waals surface area contributed by atoms with Gasteiger partial charge >= 0.3 is 0 Å². The van der Waals surface area contributed by atoms with Gasteiger partial charge in [0.1, 0.15) is 0 Å². The molecule has 0 heterocycles. The van der Waals surface area contributed by atoms with Gasteiger partial charge in [0.15, 0.2) is 5.78 Å². The molecule has 0 amide bonds. The van der Waals surface area contributed by atoms with Crippen LogP contribution in [0.1, 0.15) is 15.9 Å². The standard InChI is InChI=1S/C13H6Cl3IO/c14-9-3-1-7(5-10(9)15)13(18)8-2-4-12(17)11(16)6-8/h1-6H. The normalized spacial score (nSPS) is 10.4. The molecule has 0 radical (unpaired) electrons. The number of halogens is 4. The van der Waals surface area contributed by atoms with E-state index in [0.29, 0.717) is 26.2 Å². The van der Waals surface area contributed by atoms with Crippen LogP contribution in [0.25, 0.3) is 0 Å². The Balaban J connectivity index is 2.41. The van der Waals surface area contributed by atoms with Gasteiger partial charge in [-0.15, -0.1) is 0 Å². The number of hydrogen-bond acceptors (Lipinski definition) is 1. The van der Waals surface area contributed by atoms with Crippen molar-refractivity contribution in [1.29, 1.82) is 0 Å². The average Bonchev–Trinajstić information content (AvgIpc) is 2.35. The number of ketones is 1. The molecule has 2 aromatic rings. The first kappa shape index (κ1) is 14.1. The number of rotatable bonds is 2. The van der Waals surface area contributed by atoms with E-state index >= 15 is 0 Å². The summed E-state index contributed by atoms with van der Waals surface area (Å²) in [5.74, 6) is -0.133. The summed E-state index contributed by atoms with van der Waals surface area (Å²) in [4.78, 5) is 12.2. The lowest BCUT2D eigenvalue weighted by molar-refractivity contribution is 0.103. The van der Waals surface area contributed by atoms with E-state index < -0.39 is 0 Å². The Kier molecular flexibility index (Phi) is 4.54. The second kappa shape index (κ2) is 5.78. The molecule has 2 rings (SSSR count). The highest BCUT2D eigenvalue weighted by Crippen LogP contribution is 2.25. The molecule has 0 fully saturated rings. The maximum absolute atomic E-state index is 12.2. The van der Waals surface area contributed by atoms with Crippen molar-refractivity contribution >= 4 is 63.2 Å². The van der Waals surface area contributed by atoms with E-state index in [0.717, 1.165) is 3.57 Å². The topological polar surface area (TPSA) is 17.1 Å². The van der Waals surface area contributed by atoms with Crippen LogP contribution >= 0.6 is 57.4 Å². The minimum absolute atomic E-state index is 0.133. The van der Waals surface area contributed by atoms with Gasteiger partial charge in [0.2, 0.25) is 0 Å². The maximum Gasteiger partial charge on any atom is 0.193 e. The van der Waals surface area contributed by atoms with Gasteiger partial charge in [-0.2, -0.15) is 0 Å². The van der Waals surface area contributed by atoms with Crippen molar-refractivity contribution in [2.24, 2.45) is 0 Å². The Bertz CT molecular complexity index is 572. The lowest BCUT2D eigenvalue weighted by Gasteiger charge is -2.04. The van der Waals surface area contributed by atoms with Crippen LogP contribution < -0.4 is 0 Å². The van der Waals surface area contributed by atoms with Crippen LogP contribution in [0.5, 0.6) is 0 Å². The van der Waals surface area contributed by atoms with E-state index in [-0.39, 0.29) is 5.78 Å². The lowest BCUT2D eigenvalue weighted by Crippen LogP contribution is -2.01. The van der Waals surface area contributed by atoms with Crippen molar-refractivity contribution in [3.8, 4) is 0 Å². The summed E-state index contributed by atoms with van der Waals surface area (Å²) >= 11 is 19.8. The van der Waals surface area contributed by atoms with Crippen LogP contribution in [0.3, 0.4) is 0 Å². The SMILES string of the molecule is O=C(c1ccc(Cl)c(Cl)c1)c1ccc(I)c(Cl)c1. The summed E-state index contributed by atoms with van der Waals surface area (Å²) in [6.07, 6.45) is 0. The maximum atomic E-state index is 12.2. The molecule has 0 unspecified atom stereocenters. The third-order valence-corrected chi connectivity index (χ3v) is 4.67. The highest BCUT2D eigenvalue weighted by atomic mass is 127. The summed E-state index contributed by atoms with van der Waals surface area (Å²) in [5.41, 5.74) is 1.01. The van der Waals surface area contributed by atoms with Crippen molar-refractivity contribution in [2.75, 3.05) is 0 Å². The first-order chi connectivity index (χ1) is 8.49. The molecular formula is C13H6Cl3IO. The van der Waals surface area contributed by atoms with Crippen LogP contribution in [-0.2, 0) is 0 Å². The van der Waals surface area contributed by atoms with E-state index in [9.17, 15) is 4.79 Å². The highest BCUT2D eigenvalue weighted by Gasteiger charge is 2.12. The Morgan fingerprint density at radius 2 is 1.39 bits per heavy atom. The zero-order valence-corrected chi connectivity index (χ0v) is 13.3. The van der Waals surface area contributed by atoms with Gasteiger partial charge in [0, 0.05) is 14.7 Å². The average molecular weight is 411 g/mol. The zero-order valence-electron chi connectivity index (χ0n) is 8.88. The fourth-order valence-electron chi connectivity index (χ4n) is 1.44. The van der Waals surface area contributed by atoms with Crippen molar-refractivity contribution in [3.63, 3.8) is 0 Å². The molecule has 0 atom stereocenters. The summed E-state index contributed by atoms with van der Waals surface area (Å²) in [7, 11) is 0.